The topological polar surface area (TPSA) is 61.9 Å². The summed E-state index contributed by atoms with van der Waals surface area (Å²) in [6.07, 6.45) is 4.64. The van der Waals surface area contributed by atoms with Gasteiger partial charge in [-0.15, -0.1) is 0 Å². The van der Waals surface area contributed by atoms with Crippen LogP contribution in [0.15, 0.2) is 24.3 Å². The number of anilines is 1. The smallest absolute Gasteiger partial charge is 0.337 e. The van der Waals surface area contributed by atoms with Crippen LogP contribution in [0.1, 0.15) is 36.0 Å². The van der Waals surface area contributed by atoms with Gasteiger partial charge in [-0.2, -0.15) is 0 Å². The summed E-state index contributed by atoms with van der Waals surface area (Å²) in [6.45, 7) is 2.92. The number of rotatable bonds is 3. The largest absolute Gasteiger partial charge is 0.465 e. The van der Waals surface area contributed by atoms with E-state index in [1.807, 2.05) is 23.1 Å². The zero-order valence-electron chi connectivity index (χ0n) is 14.2. The number of esters is 1. The highest BCUT2D eigenvalue weighted by Crippen LogP contribution is 2.20. The SMILES string of the molecule is COC(=O)c1cccc(N2CCN(C(=O)NC3CCCC3)CC2)c1. The summed E-state index contributed by atoms with van der Waals surface area (Å²) in [5.74, 6) is -0.327. The molecule has 0 atom stereocenters. The fourth-order valence-electron chi connectivity index (χ4n) is 3.45. The van der Waals surface area contributed by atoms with Crippen LogP contribution in [-0.4, -0.2) is 56.2 Å². The lowest BCUT2D eigenvalue weighted by molar-refractivity contribution is 0.0600. The van der Waals surface area contributed by atoms with E-state index in [-0.39, 0.29) is 12.0 Å². The van der Waals surface area contributed by atoms with Crippen LogP contribution >= 0.6 is 0 Å². The Balaban J connectivity index is 1.54. The first-order valence-electron chi connectivity index (χ1n) is 8.66. The van der Waals surface area contributed by atoms with Crippen LogP contribution in [0.4, 0.5) is 10.5 Å². The van der Waals surface area contributed by atoms with E-state index in [0.717, 1.165) is 31.6 Å². The molecule has 130 valence electrons. The average Bonchev–Trinajstić information content (AvgIpc) is 3.14. The van der Waals surface area contributed by atoms with E-state index in [1.54, 1.807) is 6.07 Å². The number of nitrogens with one attached hydrogen (secondary N) is 1. The van der Waals surface area contributed by atoms with Crippen molar-refractivity contribution in [3.05, 3.63) is 29.8 Å². The highest BCUT2D eigenvalue weighted by Gasteiger charge is 2.24. The molecule has 6 nitrogen and oxygen atoms in total. The maximum atomic E-state index is 12.3. The Kier molecular flexibility index (Phi) is 5.23. The van der Waals surface area contributed by atoms with Gasteiger partial charge in [0.25, 0.3) is 0 Å². The van der Waals surface area contributed by atoms with Gasteiger partial charge < -0.3 is 19.9 Å². The van der Waals surface area contributed by atoms with E-state index >= 15 is 0 Å². The van der Waals surface area contributed by atoms with Crippen molar-refractivity contribution in [1.82, 2.24) is 10.2 Å². The predicted molar refractivity (Wildman–Crippen MR) is 92.4 cm³/mol. The Labute approximate surface area is 142 Å². The summed E-state index contributed by atoms with van der Waals surface area (Å²) in [6, 6.07) is 7.86. The molecule has 2 amide bonds. The number of methoxy groups -OCH3 is 1. The summed E-state index contributed by atoms with van der Waals surface area (Å²) in [4.78, 5) is 28.1. The molecule has 1 heterocycles. The number of ether oxygens (including phenoxy) is 1. The molecule has 1 N–H and O–H groups in total. The molecule has 1 saturated carbocycles. The molecule has 6 heteroatoms. The summed E-state index contributed by atoms with van der Waals surface area (Å²) in [7, 11) is 1.39. The monoisotopic (exact) mass is 331 g/mol. The predicted octanol–water partition coefficient (Wildman–Crippen LogP) is 2.25. The van der Waals surface area contributed by atoms with Crippen molar-refractivity contribution in [3.8, 4) is 0 Å². The van der Waals surface area contributed by atoms with Crippen molar-refractivity contribution in [2.24, 2.45) is 0 Å². The normalized spacial score (nSPS) is 18.5. The zero-order chi connectivity index (χ0) is 16.9. The standard InChI is InChI=1S/C18H25N3O3/c1-24-17(22)14-5-4-8-16(13-14)20-9-11-21(12-10-20)18(23)19-15-6-2-3-7-15/h4-5,8,13,15H,2-3,6-7,9-12H2,1H3,(H,19,23). The highest BCUT2D eigenvalue weighted by molar-refractivity contribution is 5.90. The summed E-state index contributed by atoms with van der Waals surface area (Å²) < 4.78 is 4.77. The van der Waals surface area contributed by atoms with Gasteiger partial charge in [-0.25, -0.2) is 9.59 Å². The molecule has 1 aliphatic carbocycles. The second kappa shape index (κ2) is 7.55. The van der Waals surface area contributed by atoms with Gasteiger partial charge in [0.15, 0.2) is 0 Å². The van der Waals surface area contributed by atoms with E-state index < -0.39 is 0 Å². The van der Waals surface area contributed by atoms with Crippen LogP contribution in [0, 0.1) is 0 Å². The number of carbonyl (C=O) groups excluding carboxylic acids is 2. The lowest BCUT2D eigenvalue weighted by Gasteiger charge is -2.36. The molecular weight excluding hydrogens is 306 g/mol. The fraction of sp³-hybridized carbons (Fsp3) is 0.556. The van der Waals surface area contributed by atoms with Crippen LogP contribution < -0.4 is 10.2 Å². The first-order chi connectivity index (χ1) is 11.7. The average molecular weight is 331 g/mol. The molecule has 1 aliphatic heterocycles. The summed E-state index contributed by atoms with van der Waals surface area (Å²) >= 11 is 0. The third-order valence-corrected chi connectivity index (χ3v) is 4.88. The quantitative estimate of drug-likeness (QED) is 0.863. The van der Waals surface area contributed by atoms with Gasteiger partial charge in [0.05, 0.1) is 12.7 Å². The molecule has 0 bridgehead atoms. The van der Waals surface area contributed by atoms with Gasteiger partial charge >= 0.3 is 12.0 Å². The van der Waals surface area contributed by atoms with Gasteiger partial charge in [0, 0.05) is 37.9 Å². The molecule has 2 aliphatic rings. The number of carbonyl (C=O) groups is 2. The maximum absolute atomic E-state index is 12.3. The number of urea groups is 1. The van der Waals surface area contributed by atoms with Crippen molar-refractivity contribution in [2.75, 3.05) is 38.2 Å². The van der Waals surface area contributed by atoms with Gasteiger partial charge in [-0.3, -0.25) is 0 Å². The number of hydrogen-bond donors (Lipinski definition) is 1. The lowest BCUT2D eigenvalue weighted by atomic mass is 10.1. The number of nitrogens with zero attached hydrogens (tertiary/aromatic N) is 2. The second-order valence-corrected chi connectivity index (χ2v) is 6.45. The molecule has 2 fully saturated rings. The summed E-state index contributed by atoms with van der Waals surface area (Å²) in [5.41, 5.74) is 1.55. The molecule has 24 heavy (non-hydrogen) atoms. The number of hydrogen-bond acceptors (Lipinski definition) is 4. The number of piperazine rings is 1. The Hall–Kier alpha value is -2.24. The lowest BCUT2D eigenvalue weighted by Crippen LogP contribution is -2.53. The molecule has 0 radical (unpaired) electrons. The molecule has 0 aromatic heterocycles. The van der Waals surface area contributed by atoms with E-state index in [2.05, 4.69) is 10.2 Å². The van der Waals surface area contributed by atoms with Crippen molar-refractivity contribution >= 4 is 17.7 Å². The van der Waals surface area contributed by atoms with Crippen LogP contribution in [0.5, 0.6) is 0 Å². The van der Waals surface area contributed by atoms with Gasteiger partial charge in [-0.05, 0) is 31.0 Å². The summed E-state index contributed by atoms with van der Waals surface area (Å²) in [5, 5.41) is 3.14. The first-order valence-corrected chi connectivity index (χ1v) is 8.66. The second-order valence-electron chi connectivity index (χ2n) is 6.45. The van der Waals surface area contributed by atoms with Crippen LogP contribution in [0.25, 0.3) is 0 Å². The Morgan fingerprint density at radius 1 is 1.12 bits per heavy atom. The molecule has 0 unspecified atom stereocenters. The van der Waals surface area contributed by atoms with Crippen molar-refractivity contribution in [2.45, 2.75) is 31.7 Å². The molecule has 1 aromatic carbocycles. The molecule has 3 rings (SSSR count). The zero-order valence-corrected chi connectivity index (χ0v) is 14.2. The molecular formula is C18H25N3O3. The minimum atomic E-state index is -0.327. The Morgan fingerprint density at radius 3 is 2.50 bits per heavy atom. The third-order valence-electron chi connectivity index (χ3n) is 4.88. The van der Waals surface area contributed by atoms with Crippen LogP contribution in [0.2, 0.25) is 0 Å². The van der Waals surface area contributed by atoms with E-state index in [4.69, 9.17) is 4.74 Å². The van der Waals surface area contributed by atoms with Gasteiger partial charge in [0.1, 0.15) is 0 Å². The van der Waals surface area contributed by atoms with Crippen molar-refractivity contribution < 1.29 is 14.3 Å². The minimum Gasteiger partial charge on any atom is -0.465 e. The molecule has 1 saturated heterocycles. The van der Waals surface area contributed by atoms with E-state index in [1.165, 1.54) is 20.0 Å². The Bertz CT molecular complexity index is 591. The molecule has 0 spiro atoms. The Morgan fingerprint density at radius 2 is 1.83 bits per heavy atom. The van der Waals surface area contributed by atoms with Crippen LogP contribution in [0.3, 0.4) is 0 Å². The van der Waals surface area contributed by atoms with E-state index in [9.17, 15) is 9.59 Å². The molecule has 1 aromatic rings. The number of benzene rings is 1. The minimum absolute atomic E-state index is 0.0601. The third kappa shape index (κ3) is 3.80. The van der Waals surface area contributed by atoms with Gasteiger partial charge in [-0.1, -0.05) is 18.9 Å². The highest BCUT2D eigenvalue weighted by atomic mass is 16.5. The first kappa shape index (κ1) is 16.6. The fourth-order valence-corrected chi connectivity index (χ4v) is 3.45. The number of amides is 2. The van der Waals surface area contributed by atoms with E-state index in [0.29, 0.717) is 24.7 Å². The van der Waals surface area contributed by atoms with Crippen molar-refractivity contribution in [3.63, 3.8) is 0 Å². The van der Waals surface area contributed by atoms with Crippen molar-refractivity contribution in [1.29, 1.82) is 0 Å². The maximum Gasteiger partial charge on any atom is 0.337 e. The van der Waals surface area contributed by atoms with Gasteiger partial charge in [0.2, 0.25) is 0 Å². The van der Waals surface area contributed by atoms with Crippen LogP contribution in [-0.2, 0) is 4.74 Å².